The number of nitrogens with one attached hydrogen (secondary N) is 3. The number of carbonyl (C=O) groups excluding carboxylic acids is 6. The Bertz CT molecular complexity index is 1230. The molecule has 0 radical (unpaired) electrons. The SMILES string of the molecule is CSC(=O)OCc1ccc(NC(=O)[C@H](C)NC(=O)[C@@H](NC(=O)CN2C(=O)C=CC2=O)C(C)C)cc1CCCCC(=O)O. The Kier molecular flexibility index (Phi) is 13.2. The van der Waals surface area contributed by atoms with Crippen molar-refractivity contribution < 1.29 is 43.4 Å². The minimum Gasteiger partial charge on any atom is -0.481 e. The summed E-state index contributed by atoms with van der Waals surface area (Å²) in [6.07, 6.45) is 5.25. The topological polar surface area (TPSA) is 188 Å². The van der Waals surface area contributed by atoms with Crippen LogP contribution in [0.25, 0.3) is 0 Å². The minimum atomic E-state index is -1.03. The van der Waals surface area contributed by atoms with Crippen LogP contribution in [0.3, 0.4) is 0 Å². The van der Waals surface area contributed by atoms with Gasteiger partial charge in [0.25, 0.3) is 11.8 Å². The molecule has 2 rings (SSSR count). The molecule has 0 aliphatic carbocycles. The van der Waals surface area contributed by atoms with E-state index in [9.17, 15) is 33.6 Å². The van der Waals surface area contributed by atoms with Crippen LogP contribution in [0.4, 0.5) is 10.5 Å². The van der Waals surface area contributed by atoms with Crippen molar-refractivity contribution in [3.8, 4) is 0 Å². The first-order valence-corrected chi connectivity index (χ1v) is 14.5. The number of carboxylic acid groups (broad SMARTS) is 1. The van der Waals surface area contributed by atoms with Crippen molar-refractivity contribution in [1.29, 1.82) is 0 Å². The molecular weight excluding hydrogens is 568 g/mol. The summed E-state index contributed by atoms with van der Waals surface area (Å²) in [5, 5.41) is 16.3. The Balaban J connectivity index is 2.03. The number of hydrogen-bond donors (Lipinski definition) is 4. The number of rotatable bonds is 15. The van der Waals surface area contributed by atoms with E-state index in [0.29, 0.717) is 24.9 Å². The summed E-state index contributed by atoms with van der Waals surface area (Å²) in [6, 6.07) is 3.01. The van der Waals surface area contributed by atoms with E-state index in [-0.39, 0.29) is 18.9 Å². The number of aliphatic carboxylic acids is 1. The van der Waals surface area contributed by atoms with Crippen LogP contribution < -0.4 is 16.0 Å². The monoisotopic (exact) mass is 604 g/mol. The van der Waals surface area contributed by atoms with E-state index >= 15 is 0 Å². The van der Waals surface area contributed by atoms with Crippen LogP contribution >= 0.6 is 11.8 Å². The van der Waals surface area contributed by atoms with Crippen LogP contribution in [-0.4, -0.2) is 75.7 Å². The number of ether oxygens (including phenoxy) is 1. The third-order valence-corrected chi connectivity index (χ3v) is 6.74. The molecule has 1 aromatic rings. The number of benzene rings is 1. The molecule has 42 heavy (non-hydrogen) atoms. The minimum absolute atomic E-state index is 0.0214. The maximum absolute atomic E-state index is 12.9. The molecule has 1 aliphatic heterocycles. The molecule has 1 heterocycles. The number of hydrogen-bond acceptors (Lipinski definition) is 9. The van der Waals surface area contributed by atoms with Gasteiger partial charge in [0.2, 0.25) is 17.7 Å². The average molecular weight is 605 g/mol. The molecule has 228 valence electrons. The molecule has 0 spiro atoms. The molecule has 0 aromatic heterocycles. The standard InChI is InChI=1S/C28H36N4O9S/c1-16(2)25(31-21(33)14-32-22(34)11-12-23(32)35)27(39)29-17(3)26(38)30-20-10-9-19(15-41-28(40)42-4)18(13-20)7-5-6-8-24(36)37/h9-13,16-17,25H,5-8,14-15H2,1-4H3,(H,29,39)(H,30,38)(H,31,33)(H,36,37)/t17-,25-/m0/s1. The first-order valence-electron chi connectivity index (χ1n) is 13.3. The van der Waals surface area contributed by atoms with Gasteiger partial charge in [0, 0.05) is 24.3 Å². The summed E-state index contributed by atoms with van der Waals surface area (Å²) in [5.74, 6) is -4.37. The summed E-state index contributed by atoms with van der Waals surface area (Å²) in [4.78, 5) is 84.9. The van der Waals surface area contributed by atoms with Crippen LogP contribution in [-0.2, 0) is 46.5 Å². The fraction of sp³-hybridized carbons (Fsp3) is 0.464. The third-order valence-electron chi connectivity index (χ3n) is 6.29. The Labute approximate surface area is 247 Å². The molecule has 0 fully saturated rings. The van der Waals surface area contributed by atoms with Gasteiger partial charge in [0.1, 0.15) is 25.2 Å². The zero-order valence-corrected chi connectivity index (χ0v) is 24.7. The summed E-state index contributed by atoms with van der Waals surface area (Å²) < 4.78 is 5.21. The smallest absolute Gasteiger partial charge is 0.367 e. The Morgan fingerprint density at radius 3 is 2.21 bits per heavy atom. The largest absolute Gasteiger partial charge is 0.481 e. The maximum Gasteiger partial charge on any atom is 0.367 e. The molecule has 14 heteroatoms. The number of carbonyl (C=O) groups is 7. The third kappa shape index (κ3) is 10.7. The lowest BCUT2D eigenvalue weighted by atomic mass is 10.0. The van der Waals surface area contributed by atoms with Crippen molar-refractivity contribution in [3.05, 3.63) is 41.5 Å². The number of aryl methyl sites for hydroxylation is 1. The molecule has 2 atom stereocenters. The van der Waals surface area contributed by atoms with E-state index in [1.54, 1.807) is 38.3 Å². The van der Waals surface area contributed by atoms with Gasteiger partial charge in [-0.05, 0) is 73.4 Å². The summed E-state index contributed by atoms with van der Waals surface area (Å²) >= 11 is 0.935. The first kappa shape index (κ1) is 34.0. The molecule has 1 aliphatic rings. The molecule has 0 saturated heterocycles. The van der Waals surface area contributed by atoms with Gasteiger partial charge in [0.05, 0.1) is 0 Å². The van der Waals surface area contributed by atoms with Crippen molar-refractivity contribution in [3.63, 3.8) is 0 Å². The van der Waals surface area contributed by atoms with Crippen molar-refractivity contribution >= 4 is 58.3 Å². The van der Waals surface area contributed by atoms with E-state index in [1.165, 1.54) is 6.92 Å². The maximum atomic E-state index is 12.9. The molecule has 4 N–H and O–H groups in total. The number of anilines is 1. The number of imide groups is 1. The van der Waals surface area contributed by atoms with Gasteiger partial charge < -0.3 is 25.8 Å². The van der Waals surface area contributed by atoms with Crippen molar-refractivity contribution in [2.45, 2.75) is 65.1 Å². The quantitative estimate of drug-likeness (QED) is 0.131. The van der Waals surface area contributed by atoms with Crippen molar-refractivity contribution in [2.24, 2.45) is 5.92 Å². The van der Waals surface area contributed by atoms with E-state index < -0.39 is 59.4 Å². The summed E-state index contributed by atoms with van der Waals surface area (Å²) in [7, 11) is 0. The second kappa shape index (κ2) is 16.3. The lowest BCUT2D eigenvalue weighted by molar-refractivity contribution is -0.141. The molecule has 0 unspecified atom stereocenters. The molecule has 0 saturated carbocycles. The second-order valence-electron chi connectivity index (χ2n) is 9.93. The lowest BCUT2D eigenvalue weighted by Crippen LogP contribution is -2.55. The molecule has 0 bridgehead atoms. The van der Waals surface area contributed by atoms with Gasteiger partial charge in [-0.2, -0.15) is 0 Å². The molecule has 5 amide bonds. The highest BCUT2D eigenvalue weighted by Gasteiger charge is 2.30. The predicted octanol–water partition coefficient (Wildman–Crippen LogP) is 1.99. The fourth-order valence-electron chi connectivity index (χ4n) is 3.97. The van der Waals surface area contributed by atoms with Crippen LogP contribution in [0.1, 0.15) is 51.2 Å². The number of carboxylic acids is 1. The Morgan fingerprint density at radius 1 is 0.952 bits per heavy atom. The zero-order valence-electron chi connectivity index (χ0n) is 23.9. The zero-order chi connectivity index (χ0) is 31.4. The van der Waals surface area contributed by atoms with Gasteiger partial charge in [-0.25, -0.2) is 4.79 Å². The lowest BCUT2D eigenvalue weighted by Gasteiger charge is -2.24. The highest BCUT2D eigenvalue weighted by molar-refractivity contribution is 8.12. The van der Waals surface area contributed by atoms with E-state index in [4.69, 9.17) is 9.84 Å². The van der Waals surface area contributed by atoms with E-state index in [0.717, 1.165) is 39.9 Å². The number of thioether (sulfide) groups is 1. The van der Waals surface area contributed by atoms with E-state index in [2.05, 4.69) is 16.0 Å². The fourth-order valence-corrected chi connectivity index (χ4v) is 4.15. The Morgan fingerprint density at radius 2 is 1.62 bits per heavy atom. The normalized spacial score (nSPS) is 14.0. The molecule has 1 aromatic carbocycles. The second-order valence-corrected chi connectivity index (χ2v) is 10.7. The van der Waals surface area contributed by atoms with E-state index in [1.807, 2.05) is 0 Å². The van der Waals surface area contributed by atoms with Crippen LogP contribution in [0.5, 0.6) is 0 Å². The molecular formula is C28H36N4O9S. The Hall–Kier alpha value is -4.20. The van der Waals surface area contributed by atoms with Crippen LogP contribution in [0, 0.1) is 5.92 Å². The molecule has 13 nitrogen and oxygen atoms in total. The highest BCUT2D eigenvalue weighted by atomic mass is 32.2. The summed E-state index contributed by atoms with van der Waals surface area (Å²) in [6.45, 7) is 4.34. The average Bonchev–Trinajstić information content (AvgIpc) is 3.24. The summed E-state index contributed by atoms with van der Waals surface area (Å²) in [5.41, 5.74) is 1.92. The van der Waals surface area contributed by atoms with Crippen molar-refractivity contribution in [1.82, 2.24) is 15.5 Å². The van der Waals surface area contributed by atoms with Gasteiger partial charge in [-0.15, -0.1) is 0 Å². The number of unbranched alkanes of at least 4 members (excludes halogenated alkanes) is 1. The predicted molar refractivity (Wildman–Crippen MR) is 154 cm³/mol. The number of amides is 5. The highest BCUT2D eigenvalue weighted by Crippen LogP contribution is 2.21. The first-order chi connectivity index (χ1) is 19.8. The number of nitrogens with zero attached hydrogens (tertiary/aromatic N) is 1. The van der Waals surface area contributed by atoms with Gasteiger partial charge in [-0.3, -0.25) is 33.7 Å². The van der Waals surface area contributed by atoms with Crippen molar-refractivity contribution in [2.75, 3.05) is 18.1 Å². The van der Waals surface area contributed by atoms with Gasteiger partial charge in [0.15, 0.2) is 0 Å². The van der Waals surface area contributed by atoms with Gasteiger partial charge >= 0.3 is 11.3 Å². The van der Waals surface area contributed by atoms with Gasteiger partial charge in [-0.1, -0.05) is 19.9 Å². The van der Waals surface area contributed by atoms with Crippen LogP contribution in [0.2, 0.25) is 0 Å². The van der Waals surface area contributed by atoms with Crippen LogP contribution in [0.15, 0.2) is 30.4 Å².